The van der Waals surface area contributed by atoms with Gasteiger partial charge in [0.15, 0.2) is 0 Å². The molecule has 0 fully saturated rings. The van der Waals surface area contributed by atoms with E-state index in [1.54, 1.807) is 12.1 Å². The summed E-state index contributed by atoms with van der Waals surface area (Å²) in [4.78, 5) is 12.9. The zero-order valence-corrected chi connectivity index (χ0v) is 19.3. The van der Waals surface area contributed by atoms with Gasteiger partial charge in [0.25, 0.3) is 0 Å². The lowest BCUT2D eigenvalue weighted by Gasteiger charge is -2.25. The van der Waals surface area contributed by atoms with Crippen LogP contribution in [-0.4, -0.2) is 11.1 Å². The fraction of sp³-hybridized carbons (Fsp3) is 0.321. The first-order valence-electron chi connectivity index (χ1n) is 10.7. The number of hydrogen-bond donors (Lipinski definition) is 1. The van der Waals surface area contributed by atoms with Crippen LogP contribution in [0.4, 0.5) is 0 Å². The van der Waals surface area contributed by atoms with Gasteiger partial charge in [-0.15, -0.1) is 0 Å². The molecule has 3 rings (SSSR count). The van der Waals surface area contributed by atoms with Crippen molar-refractivity contribution < 1.29 is 14.6 Å². The molecule has 0 radical (unpaired) electrons. The minimum atomic E-state index is -0.345. The second-order valence-corrected chi connectivity index (χ2v) is 10.2. The molecule has 0 atom stereocenters. The highest BCUT2D eigenvalue weighted by molar-refractivity contribution is 5.91. The summed E-state index contributed by atoms with van der Waals surface area (Å²) in [6.07, 6.45) is 0.747. The topological polar surface area (TPSA) is 46.5 Å². The Morgan fingerprint density at radius 2 is 1.19 bits per heavy atom. The predicted octanol–water partition coefficient (Wildman–Crippen LogP) is 6.80. The third-order valence-electron chi connectivity index (χ3n) is 5.38. The third kappa shape index (κ3) is 5.97. The number of aromatic hydroxyl groups is 1. The summed E-state index contributed by atoms with van der Waals surface area (Å²) in [6, 6.07) is 20.8. The molecule has 31 heavy (non-hydrogen) atoms. The van der Waals surface area contributed by atoms with E-state index >= 15 is 0 Å². The van der Waals surface area contributed by atoms with Crippen molar-refractivity contribution in [1.82, 2.24) is 0 Å². The minimum absolute atomic E-state index is 0.0633. The Labute approximate surface area is 185 Å². The summed E-state index contributed by atoms with van der Waals surface area (Å²) in [7, 11) is 0. The van der Waals surface area contributed by atoms with Crippen LogP contribution in [0.25, 0.3) is 0 Å². The van der Waals surface area contributed by atoms with Crippen LogP contribution in [0.5, 0.6) is 11.5 Å². The zero-order chi connectivity index (χ0) is 22.8. The first-order valence-corrected chi connectivity index (χ1v) is 10.7. The Hall–Kier alpha value is -3.07. The second-order valence-electron chi connectivity index (χ2n) is 10.2. The van der Waals surface area contributed by atoms with Crippen LogP contribution >= 0.6 is 0 Å². The number of benzene rings is 3. The summed E-state index contributed by atoms with van der Waals surface area (Å²) in [6.45, 7) is 12.9. The molecule has 0 spiro atoms. The van der Waals surface area contributed by atoms with Gasteiger partial charge in [-0.25, -0.2) is 4.79 Å². The van der Waals surface area contributed by atoms with E-state index in [1.807, 2.05) is 48.5 Å². The van der Waals surface area contributed by atoms with Crippen molar-refractivity contribution in [2.45, 2.75) is 58.8 Å². The van der Waals surface area contributed by atoms with E-state index in [-0.39, 0.29) is 22.5 Å². The van der Waals surface area contributed by atoms with Gasteiger partial charge in [-0.05, 0) is 75.9 Å². The van der Waals surface area contributed by atoms with Crippen molar-refractivity contribution in [2.24, 2.45) is 0 Å². The van der Waals surface area contributed by atoms with Gasteiger partial charge >= 0.3 is 5.97 Å². The van der Waals surface area contributed by atoms with Crippen LogP contribution in [0.1, 0.15) is 74.2 Å². The van der Waals surface area contributed by atoms with Gasteiger partial charge in [0.2, 0.25) is 0 Å². The van der Waals surface area contributed by atoms with E-state index in [0.717, 1.165) is 28.7 Å². The summed E-state index contributed by atoms with van der Waals surface area (Å²) in [5, 5.41) is 9.41. The normalized spacial score (nSPS) is 11.9. The van der Waals surface area contributed by atoms with E-state index in [4.69, 9.17) is 4.74 Å². The Morgan fingerprint density at radius 3 is 1.65 bits per heavy atom. The quantitative estimate of drug-likeness (QED) is 0.376. The van der Waals surface area contributed by atoms with Gasteiger partial charge in [0, 0.05) is 0 Å². The standard InChI is InChI=1S/C28H32O3/c1-27(2,3)22-16-21(17-23(18-22)28(4,5)6)26(30)31-25-13-9-20(10-14-25)15-19-7-11-24(29)12-8-19/h7-14,16-18,29H,15H2,1-6H3. The molecular weight excluding hydrogens is 384 g/mol. The Kier molecular flexibility index (Phi) is 6.26. The number of phenols is 1. The fourth-order valence-corrected chi connectivity index (χ4v) is 3.30. The summed E-state index contributed by atoms with van der Waals surface area (Å²) in [5.74, 6) is 0.442. The summed E-state index contributed by atoms with van der Waals surface area (Å²) < 4.78 is 5.68. The largest absolute Gasteiger partial charge is 0.508 e. The molecule has 0 saturated carbocycles. The maximum absolute atomic E-state index is 12.9. The monoisotopic (exact) mass is 416 g/mol. The van der Waals surface area contributed by atoms with Crippen molar-refractivity contribution in [2.75, 3.05) is 0 Å². The molecule has 0 unspecified atom stereocenters. The van der Waals surface area contributed by atoms with Crippen LogP contribution in [0.15, 0.2) is 66.7 Å². The molecule has 3 aromatic carbocycles. The van der Waals surface area contributed by atoms with Crippen LogP contribution in [0.2, 0.25) is 0 Å². The van der Waals surface area contributed by atoms with E-state index < -0.39 is 0 Å². The van der Waals surface area contributed by atoms with E-state index in [9.17, 15) is 9.90 Å². The number of hydrogen-bond acceptors (Lipinski definition) is 3. The molecule has 3 nitrogen and oxygen atoms in total. The number of rotatable bonds is 4. The van der Waals surface area contributed by atoms with Crippen LogP contribution in [0.3, 0.4) is 0 Å². The average Bonchev–Trinajstić information content (AvgIpc) is 2.69. The molecule has 3 aromatic rings. The van der Waals surface area contributed by atoms with Crippen molar-refractivity contribution in [3.05, 3.63) is 94.5 Å². The molecule has 0 amide bonds. The van der Waals surface area contributed by atoms with Crippen LogP contribution < -0.4 is 4.74 Å². The highest BCUT2D eigenvalue weighted by atomic mass is 16.5. The van der Waals surface area contributed by atoms with Gasteiger partial charge in [-0.3, -0.25) is 0 Å². The zero-order valence-electron chi connectivity index (χ0n) is 19.3. The molecule has 162 valence electrons. The lowest BCUT2D eigenvalue weighted by Crippen LogP contribution is -2.19. The van der Waals surface area contributed by atoms with Gasteiger partial charge in [-0.1, -0.05) is 71.9 Å². The van der Waals surface area contributed by atoms with E-state index in [0.29, 0.717) is 11.3 Å². The number of phenolic OH excluding ortho intramolecular Hbond substituents is 1. The van der Waals surface area contributed by atoms with Crippen molar-refractivity contribution in [3.8, 4) is 11.5 Å². The molecule has 3 heteroatoms. The number of carbonyl (C=O) groups excluding carboxylic acids is 1. The molecule has 0 aliphatic carbocycles. The van der Waals surface area contributed by atoms with Gasteiger partial charge in [-0.2, -0.15) is 0 Å². The third-order valence-corrected chi connectivity index (χ3v) is 5.38. The molecule has 0 bridgehead atoms. The highest BCUT2D eigenvalue weighted by Crippen LogP contribution is 2.31. The minimum Gasteiger partial charge on any atom is -0.508 e. The maximum Gasteiger partial charge on any atom is 0.343 e. The molecule has 0 heterocycles. The Bertz CT molecular complexity index is 1020. The SMILES string of the molecule is CC(C)(C)c1cc(C(=O)Oc2ccc(Cc3ccc(O)cc3)cc2)cc(C(C)(C)C)c1. The molecule has 0 aromatic heterocycles. The van der Waals surface area contributed by atoms with E-state index in [1.165, 1.54) is 0 Å². The van der Waals surface area contributed by atoms with E-state index in [2.05, 4.69) is 47.6 Å². The second kappa shape index (κ2) is 8.58. The smallest absolute Gasteiger partial charge is 0.343 e. The van der Waals surface area contributed by atoms with Crippen molar-refractivity contribution in [3.63, 3.8) is 0 Å². The number of esters is 1. The average molecular weight is 417 g/mol. The molecule has 0 aliphatic rings. The first-order chi connectivity index (χ1) is 14.4. The maximum atomic E-state index is 12.9. The predicted molar refractivity (Wildman–Crippen MR) is 126 cm³/mol. The van der Waals surface area contributed by atoms with Crippen LogP contribution in [-0.2, 0) is 17.3 Å². The number of carbonyl (C=O) groups is 1. The molecule has 1 N–H and O–H groups in total. The summed E-state index contributed by atoms with van der Waals surface area (Å²) in [5.41, 5.74) is 4.91. The molecule has 0 aliphatic heterocycles. The van der Waals surface area contributed by atoms with Gasteiger partial charge in [0.05, 0.1) is 5.56 Å². The summed E-state index contributed by atoms with van der Waals surface area (Å²) >= 11 is 0. The Morgan fingerprint density at radius 1 is 0.742 bits per heavy atom. The lowest BCUT2D eigenvalue weighted by atomic mass is 9.79. The van der Waals surface area contributed by atoms with Gasteiger partial charge in [0.1, 0.15) is 11.5 Å². The first kappa shape index (κ1) is 22.6. The lowest BCUT2D eigenvalue weighted by molar-refractivity contribution is 0.0734. The van der Waals surface area contributed by atoms with Crippen LogP contribution in [0, 0.1) is 0 Å². The Balaban J connectivity index is 1.78. The van der Waals surface area contributed by atoms with Gasteiger partial charge < -0.3 is 9.84 Å². The van der Waals surface area contributed by atoms with Crippen molar-refractivity contribution in [1.29, 1.82) is 0 Å². The number of ether oxygens (including phenoxy) is 1. The molecular formula is C28H32O3. The highest BCUT2D eigenvalue weighted by Gasteiger charge is 2.23. The van der Waals surface area contributed by atoms with Crippen molar-refractivity contribution >= 4 is 5.97 Å². The molecule has 0 saturated heterocycles. The fourth-order valence-electron chi connectivity index (χ4n) is 3.30.